The Kier molecular flexibility index (Phi) is 4.07. The van der Waals surface area contributed by atoms with E-state index in [1.54, 1.807) is 13.0 Å². The van der Waals surface area contributed by atoms with Crippen LogP contribution >= 0.6 is 0 Å². The lowest BCUT2D eigenvalue weighted by atomic mass is 10.1. The van der Waals surface area contributed by atoms with E-state index in [4.69, 9.17) is 9.26 Å². The number of nitrogens with zero attached hydrogens (tertiary/aromatic N) is 4. The summed E-state index contributed by atoms with van der Waals surface area (Å²) in [6, 6.07) is 3.78. The van der Waals surface area contributed by atoms with Crippen LogP contribution in [0.5, 0.6) is 5.88 Å². The fourth-order valence-corrected chi connectivity index (χ4v) is 3.14. The highest BCUT2D eigenvalue weighted by molar-refractivity contribution is 5.92. The van der Waals surface area contributed by atoms with Crippen LogP contribution in [0.25, 0.3) is 0 Å². The number of aryl methyl sites for hydroxylation is 1. The first-order valence-electron chi connectivity index (χ1n) is 9.66. The lowest BCUT2D eigenvalue weighted by Gasteiger charge is -2.17. The van der Waals surface area contributed by atoms with Gasteiger partial charge in [-0.05, 0) is 43.6 Å². The van der Waals surface area contributed by atoms with Gasteiger partial charge in [-0.2, -0.15) is 4.98 Å². The topological polar surface area (TPSA) is 93.2 Å². The van der Waals surface area contributed by atoms with Gasteiger partial charge in [-0.3, -0.25) is 9.69 Å². The Morgan fingerprint density at radius 2 is 2.11 bits per heavy atom. The van der Waals surface area contributed by atoms with Crippen LogP contribution in [0.15, 0.2) is 16.7 Å². The molecule has 2 aromatic rings. The van der Waals surface area contributed by atoms with Gasteiger partial charge in [-0.15, -0.1) is 0 Å². The van der Waals surface area contributed by atoms with Gasteiger partial charge in [0.05, 0.1) is 6.61 Å². The van der Waals surface area contributed by atoms with Crippen molar-refractivity contribution < 1.29 is 14.1 Å². The third-order valence-corrected chi connectivity index (χ3v) is 5.19. The number of aromatic nitrogens is 3. The van der Waals surface area contributed by atoms with Crippen LogP contribution in [0.1, 0.15) is 65.5 Å². The van der Waals surface area contributed by atoms with Crippen LogP contribution in [-0.2, 0) is 0 Å². The summed E-state index contributed by atoms with van der Waals surface area (Å²) in [5.41, 5.74) is 1.49. The van der Waals surface area contributed by atoms with E-state index in [-0.39, 0.29) is 5.91 Å². The summed E-state index contributed by atoms with van der Waals surface area (Å²) in [6.45, 7) is 4.21. The molecule has 2 aromatic heterocycles. The molecule has 3 aliphatic rings. The molecule has 8 nitrogen and oxygen atoms in total. The largest absolute Gasteiger partial charge is 0.477 e. The Labute approximate surface area is 157 Å². The molecule has 3 fully saturated rings. The molecule has 8 heteroatoms. The molecular formula is C19H23N5O3. The second-order valence-corrected chi connectivity index (χ2v) is 7.70. The second kappa shape index (κ2) is 6.60. The number of amides is 1. The highest BCUT2D eigenvalue weighted by Crippen LogP contribution is 2.44. The minimum absolute atomic E-state index is 0.257. The highest BCUT2D eigenvalue weighted by Gasteiger charge is 2.35. The predicted molar refractivity (Wildman–Crippen MR) is 95.2 cm³/mol. The smallest absolute Gasteiger partial charge is 0.271 e. The average molecular weight is 369 g/mol. The summed E-state index contributed by atoms with van der Waals surface area (Å²) in [7, 11) is 0. The fourth-order valence-electron chi connectivity index (χ4n) is 3.14. The van der Waals surface area contributed by atoms with E-state index in [1.165, 1.54) is 25.7 Å². The Bertz CT molecular complexity index is 855. The summed E-state index contributed by atoms with van der Waals surface area (Å²) in [4.78, 5) is 23.7. The second-order valence-electron chi connectivity index (χ2n) is 7.70. The first-order chi connectivity index (χ1) is 13.2. The van der Waals surface area contributed by atoms with E-state index in [0.29, 0.717) is 41.7 Å². The van der Waals surface area contributed by atoms with Crippen molar-refractivity contribution in [2.24, 2.45) is 5.92 Å². The van der Waals surface area contributed by atoms with Crippen LogP contribution in [0.3, 0.4) is 0 Å². The van der Waals surface area contributed by atoms with Gasteiger partial charge in [-0.1, -0.05) is 11.2 Å². The van der Waals surface area contributed by atoms with Crippen molar-refractivity contribution in [2.45, 2.75) is 44.7 Å². The number of rotatable bonds is 8. The van der Waals surface area contributed by atoms with Crippen molar-refractivity contribution in [1.29, 1.82) is 0 Å². The maximum absolute atomic E-state index is 12.8. The molecule has 5 rings (SSSR count). The van der Waals surface area contributed by atoms with Gasteiger partial charge in [0.25, 0.3) is 5.91 Å². The van der Waals surface area contributed by atoms with E-state index in [2.05, 4.69) is 25.3 Å². The maximum atomic E-state index is 12.8. The van der Waals surface area contributed by atoms with E-state index >= 15 is 0 Å². The number of carbonyl (C=O) groups excluding carboxylic acids is 1. The molecular weight excluding hydrogens is 346 g/mol. The Hall–Kier alpha value is -2.48. The molecule has 1 amide bonds. The van der Waals surface area contributed by atoms with E-state index < -0.39 is 6.17 Å². The molecule has 0 bridgehead atoms. The molecule has 0 spiro atoms. The average Bonchev–Trinajstić information content (AvgIpc) is 3.54. The number of ether oxygens (including phenoxy) is 1. The van der Waals surface area contributed by atoms with Crippen molar-refractivity contribution in [3.63, 3.8) is 0 Å². The number of hydrogen-bond donors (Lipinski definition) is 1. The van der Waals surface area contributed by atoms with Gasteiger partial charge in [0.15, 0.2) is 0 Å². The molecule has 0 radical (unpaired) electrons. The first-order valence-corrected chi connectivity index (χ1v) is 9.66. The molecule has 142 valence electrons. The highest BCUT2D eigenvalue weighted by atomic mass is 16.5. The third kappa shape index (κ3) is 3.80. The number of carbonyl (C=O) groups is 1. The van der Waals surface area contributed by atoms with Crippen LogP contribution in [0.4, 0.5) is 0 Å². The molecule has 27 heavy (non-hydrogen) atoms. The number of nitrogens with one attached hydrogen (secondary N) is 1. The van der Waals surface area contributed by atoms with Gasteiger partial charge in [0.2, 0.25) is 17.6 Å². The predicted octanol–water partition coefficient (Wildman–Crippen LogP) is 2.18. The van der Waals surface area contributed by atoms with E-state index in [0.717, 1.165) is 18.7 Å². The summed E-state index contributed by atoms with van der Waals surface area (Å²) in [5.74, 6) is 2.48. The van der Waals surface area contributed by atoms with Crippen molar-refractivity contribution in [3.05, 3.63) is 35.1 Å². The molecule has 1 saturated heterocycles. The molecule has 3 heterocycles. The first kappa shape index (κ1) is 16.7. The van der Waals surface area contributed by atoms with Crippen LogP contribution in [-0.4, -0.2) is 45.6 Å². The van der Waals surface area contributed by atoms with Gasteiger partial charge >= 0.3 is 0 Å². The maximum Gasteiger partial charge on any atom is 0.271 e. The van der Waals surface area contributed by atoms with Gasteiger partial charge < -0.3 is 14.6 Å². The van der Waals surface area contributed by atoms with E-state index in [9.17, 15) is 4.79 Å². The van der Waals surface area contributed by atoms with Crippen LogP contribution in [0, 0.1) is 12.8 Å². The summed E-state index contributed by atoms with van der Waals surface area (Å²) < 4.78 is 11.0. The minimum Gasteiger partial charge on any atom is -0.477 e. The zero-order chi connectivity index (χ0) is 18.4. The SMILES string of the molecule is Cc1nc([C@@H](NC(=O)c2ccc(C3CC3)c(OCC3CC3)n2)N2CC2)no1. The molecule has 2 saturated carbocycles. The van der Waals surface area contributed by atoms with E-state index in [1.807, 2.05) is 6.07 Å². The van der Waals surface area contributed by atoms with Crippen molar-refractivity contribution in [1.82, 2.24) is 25.3 Å². The normalized spacial score (nSPS) is 20.3. The molecule has 1 N–H and O–H groups in total. The van der Waals surface area contributed by atoms with Crippen molar-refractivity contribution >= 4 is 5.91 Å². The molecule has 0 unspecified atom stereocenters. The summed E-state index contributed by atoms with van der Waals surface area (Å²) in [6.07, 6.45) is 4.39. The standard InChI is InChI=1S/C19H23N5O3/c1-11-20-16(23-27-11)17(24-8-9-24)22-18(25)15-7-6-14(13-4-5-13)19(21-15)26-10-12-2-3-12/h6-7,12-13,17H,2-5,8-10H2,1H3,(H,22,25)/t17-/m0/s1. The fraction of sp³-hybridized carbons (Fsp3) is 0.579. The van der Waals surface area contributed by atoms with Crippen LogP contribution in [0.2, 0.25) is 0 Å². The van der Waals surface area contributed by atoms with Gasteiger partial charge in [0.1, 0.15) is 11.9 Å². The molecule has 1 atom stereocenters. The quantitative estimate of drug-likeness (QED) is 0.713. The third-order valence-electron chi connectivity index (χ3n) is 5.19. The lowest BCUT2D eigenvalue weighted by Crippen LogP contribution is -2.34. The zero-order valence-corrected chi connectivity index (χ0v) is 15.4. The zero-order valence-electron chi connectivity index (χ0n) is 15.4. The van der Waals surface area contributed by atoms with Crippen LogP contribution < -0.4 is 10.1 Å². The Morgan fingerprint density at radius 1 is 1.30 bits per heavy atom. The summed E-state index contributed by atoms with van der Waals surface area (Å²) >= 11 is 0. The minimum atomic E-state index is -0.393. The Morgan fingerprint density at radius 3 is 2.74 bits per heavy atom. The summed E-state index contributed by atoms with van der Waals surface area (Å²) in [5, 5.41) is 6.93. The molecule has 0 aromatic carbocycles. The van der Waals surface area contributed by atoms with Crippen molar-refractivity contribution in [3.8, 4) is 5.88 Å². The Balaban J connectivity index is 1.34. The van der Waals surface area contributed by atoms with Crippen molar-refractivity contribution in [2.75, 3.05) is 19.7 Å². The number of pyridine rings is 1. The monoisotopic (exact) mass is 369 g/mol. The number of hydrogen-bond acceptors (Lipinski definition) is 7. The molecule has 1 aliphatic heterocycles. The molecule has 2 aliphatic carbocycles. The van der Waals surface area contributed by atoms with Gasteiger partial charge in [0, 0.05) is 25.6 Å². The van der Waals surface area contributed by atoms with Gasteiger partial charge in [-0.25, -0.2) is 4.98 Å². The lowest BCUT2D eigenvalue weighted by molar-refractivity contribution is 0.0900.